The van der Waals surface area contributed by atoms with Gasteiger partial charge in [-0.15, -0.1) is 0 Å². The Balaban J connectivity index is 1.88. The van der Waals surface area contributed by atoms with E-state index in [1.807, 2.05) is 31.3 Å². The normalized spacial score (nSPS) is 16.3. The van der Waals surface area contributed by atoms with Crippen LogP contribution in [0.2, 0.25) is 0 Å². The van der Waals surface area contributed by atoms with Crippen molar-refractivity contribution in [3.05, 3.63) is 29.8 Å². The van der Waals surface area contributed by atoms with Crippen LogP contribution in [-0.2, 0) is 11.3 Å². The van der Waals surface area contributed by atoms with Crippen molar-refractivity contribution in [2.24, 2.45) is 16.6 Å². The molecule has 0 saturated carbocycles. The fraction of sp³-hybridized carbons (Fsp3) is 0.529. The summed E-state index contributed by atoms with van der Waals surface area (Å²) in [6.07, 6.45) is 2.41. The molecule has 3 N–H and O–H groups in total. The minimum atomic E-state index is -0.478. The third-order valence-corrected chi connectivity index (χ3v) is 4.03. The number of carbonyl (C=O) groups is 1. The van der Waals surface area contributed by atoms with Gasteiger partial charge in [-0.3, -0.25) is 9.79 Å². The molecule has 0 spiro atoms. The summed E-state index contributed by atoms with van der Waals surface area (Å²) in [5.41, 5.74) is 6.16. The molecule has 6 nitrogen and oxygen atoms in total. The van der Waals surface area contributed by atoms with Gasteiger partial charge in [-0.2, -0.15) is 0 Å². The highest BCUT2D eigenvalue weighted by Gasteiger charge is 2.18. The van der Waals surface area contributed by atoms with E-state index in [0.29, 0.717) is 12.3 Å². The van der Waals surface area contributed by atoms with Gasteiger partial charge in [-0.25, -0.2) is 0 Å². The fourth-order valence-corrected chi connectivity index (χ4v) is 2.63. The SMILES string of the molecule is CN=C(NCc1cccc(OCC(N)=O)c1)N1CCC(C)CC1. The van der Waals surface area contributed by atoms with Gasteiger partial charge in [0.1, 0.15) is 5.75 Å². The molecular formula is C17H26N4O2. The molecule has 0 bridgehead atoms. The third-order valence-electron chi connectivity index (χ3n) is 4.03. The van der Waals surface area contributed by atoms with E-state index >= 15 is 0 Å². The van der Waals surface area contributed by atoms with E-state index in [1.54, 1.807) is 0 Å². The van der Waals surface area contributed by atoms with Crippen molar-refractivity contribution in [3.63, 3.8) is 0 Å². The molecule has 0 atom stereocenters. The van der Waals surface area contributed by atoms with Crippen molar-refractivity contribution in [2.45, 2.75) is 26.3 Å². The van der Waals surface area contributed by atoms with Gasteiger partial charge in [-0.05, 0) is 36.5 Å². The monoisotopic (exact) mass is 318 g/mol. The molecule has 1 aliphatic heterocycles. The van der Waals surface area contributed by atoms with E-state index in [1.165, 1.54) is 12.8 Å². The molecule has 6 heteroatoms. The van der Waals surface area contributed by atoms with Crippen LogP contribution in [0, 0.1) is 5.92 Å². The number of primary amides is 1. The van der Waals surface area contributed by atoms with Crippen LogP contribution in [0.15, 0.2) is 29.3 Å². The number of piperidine rings is 1. The largest absolute Gasteiger partial charge is 0.484 e. The summed E-state index contributed by atoms with van der Waals surface area (Å²) in [6.45, 7) is 4.94. The second-order valence-electron chi connectivity index (χ2n) is 5.97. The van der Waals surface area contributed by atoms with Crippen molar-refractivity contribution in [1.29, 1.82) is 0 Å². The van der Waals surface area contributed by atoms with Crippen molar-refractivity contribution >= 4 is 11.9 Å². The van der Waals surface area contributed by atoms with Gasteiger partial charge in [0.2, 0.25) is 0 Å². The van der Waals surface area contributed by atoms with Crippen LogP contribution in [0.3, 0.4) is 0 Å². The zero-order valence-corrected chi connectivity index (χ0v) is 13.9. The van der Waals surface area contributed by atoms with Gasteiger partial charge in [0.15, 0.2) is 12.6 Å². The van der Waals surface area contributed by atoms with E-state index in [0.717, 1.165) is 30.5 Å². The summed E-state index contributed by atoms with van der Waals surface area (Å²) < 4.78 is 5.33. The van der Waals surface area contributed by atoms with Crippen LogP contribution in [0.1, 0.15) is 25.3 Å². The minimum Gasteiger partial charge on any atom is -0.484 e. The van der Waals surface area contributed by atoms with E-state index in [4.69, 9.17) is 10.5 Å². The molecule has 0 aliphatic carbocycles. The first-order chi connectivity index (χ1) is 11.1. The van der Waals surface area contributed by atoms with Crippen LogP contribution >= 0.6 is 0 Å². The number of likely N-dealkylation sites (tertiary alicyclic amines) is 1. The van der Waals surface area contributed by atoms with Crippen LogP contribution < -0.4 is 15.8 Å². The van der Waals surface area contributed by atoms with Crippen molar-refractivity contribution < 1.29 is 9.53 Å². The second kappa shape index (κ2) is 8.41. The number of benzene rings is 1. The number of aliphatic imine (C=N–C) groups is 1. The zero-order valence-electron chi connectivity index (χ0n) is 13.9. The molecule has 0 unspecified atom stereocenters. The molecular weight excluding hydrogens is 292 g/mol. The van der Waals surface area contributed by atoms with E-state index in [2.05, 4.69) is 22.1 Å². The van der Waals surface area contributed by atoms with Gasteiger partial charge in [-0.1, -0.05) is 19.1 Å². The van der Waals surface area contributed by atoms with E-state index in [-0.39, 0.29) is 6.61 Å². The maximum absolute atomic E-state index is 10.8. The smallest absolute Gasteiger partial charge is 0.255 e. The summed E-state index contributed by atoms with van der Waals surface area (Å²) in [5, 5.41) is 3.39. The van der Waals surface area contributed by atoms with Gasteiger partial charge in [0, 0.05) is 26.7 Å². The van der Waals surface area contributed by atoms with Crippen LogP contribution in [0.5, 0.6) is 5.75 Å². The summed E-state index contributed by atoms with van der Waals surface area (Å²) in [7, 11) is 1.81. The number of amides is 1. The molecule has 1 amide bonds. The molecule has 1 aromatic carbocycles. The number of nitrogens with zero attached hydrogens (tertiary/aromatic N) is 2. The number of guanidine groups is 1. The van der Waals surface area contributed by atoms with E-state index < -0.39 is 5.91 Å². The standard InChI is InChI=1S/C17H26N4O2/c1-13-6-8-21(9-7-13)17(19-2)20-11-14-4-3-5-15(10-14)23-12-16(18)22/h3-5,10,13H,6-9,11-12H2,1-2H3,(H2,18,22)(H,19,20). The fourth-order valence-electron chi connectivity index (χ4n) is 2.63. The summed E-state index contributed by atoms with van der Waals surface area (Å²) in [5.74, 6) is 1.89. The summed E-state index contributed by atoms with van der Waals surface area (Å²) >= 11 is 0. The Morgan fingerprint density at radius 3 is 2.83 bits per heavy atom. The first-order valence-electron chi connectivity index (χ1n) is 8.04. The Labute approximate surface area is 137 Å². The van der Waals surface area contributed by atoms with Gasteiger partial charge in [0.05, 0.1) is 0 Å². The minimum absolute atomic E-state index is 0.107. The Hall–Kier alpha value is -2.24. The molecule has 0 aromatic heterocycles. The van der Waals surface area contributed by atoms with Crippen LogP contribution in [0.4, 0.5) is 0 Å². The lowest BCUT2D eigenvalue weighted by atomic mass is 10.00. The highest BCUT2D eigenvalue weighted by atomic mass is 16.5. The van der Waals surface area contributed by atoms with Gasteiger partial charge < -0.3 is 20.7 Å². The molecule has 1 fully saturated rings. The summed E-state index contributed by atoms with van der Waals surface area (Å²) in [4.78, 5) is 17.4. The van der Waals surface area contributed by atoms with E-state index in [9.17, 15) is 4.79 Å². The van der Waals surface area contributed by atoms with Crippen molar-refractivity contribution in [1.82, 2.24) is 10.2 Å². The number of hydrogen-bond acceptors (Lipinski definition) is 3. The number of ether oxygens (including phenoxy) is 1. The number of nitrogens with one attached hydrogen (secondary N) is 1. The quantitative estimate of drug-likeness (QED) is 0.634. The zero-order chi connectivity index (χ0) is 16.7. The molecule has 126 valence electrons. The summed E-state index contributed by atoms with van der Waals surface area (Å²) in [6, 6.07) is 7.63. The maximum Gasteiger partial charge on any atom is 0.255 e. The average Bonchev–Trinajstić information content (AvgIpc) is 2.55. The highest BCUT2D eigenvalue weighted by Crippen LogP contribution is 2.16. The predicted octanol–water partition coefficient (Wildman–Crippen LogP) is 1.36. The van der Waals surface area contributed by atoms with Gasteiger partial charge >= 0.3 is 0 Å². The highest BCUT2D eigenvalue weighted by molar-refractivity contribution is 5.80. The second-order valence-corrected chi connectivity index (χ2v) is 5.97. The predicted molar refractivity (Wildman–Crippen MR) is 91.3 cm³/mol. The lowest BCUT2D eigenvalue weighted by Crippen LogP contribution is -2.45. The van der Waals surface area contributed by atoms with Crippen LogP contribution in [0.25, 0.3) is 0 Å². The Morgan fingerprint density at radius 2 is 2.17 bits per heavy atom. The van der Waals surface area contributed by atoms with Crippen molar-refractivity contribution in [2.75, 3.05) is 26.7 Å². The molecule has 1 aliphatic rings. The lowest BCUT2D eigenvalue weighted by molar-refractivity contribution is -0.119. The number of nitrogens with two attached hydrogens (primary N) is 1. The number of rotatable bonds is 5. The molecule has 1 heterocycles. The topological polar surface area (TPSA) is 80.0 Å². The number of hydrogen-bond donors (Lipinski definition) is 2. The lowest BCUT2D eigenvalue weighted by Gasteiger charge is -2.32. The van der Waals surface area contributed by atoms with Gasteiger partial charge in [0.25, 0.3) is 5.91 Å². The Bertz CT molecular complexity index is 551. The Morgan fingerprint density at radius 1 is 1.43 bits per heavy atom. The number of carbonyl (C=O) groups excluding carboxylic acids is 1. The molecule has 1 aromatic rings. The molecule has 2 rings (SSSR count). The average molecular weight is 318 g/mol. The Kier molecular flexibility index (Phi) is 6.26. The molecule has 1 saturated heterocycles. The van der Waals surface area contributed by atoms with Crippen LogP contribution in [-0.4, -0.2) is 43.5 Å². The molecule has 23 heavy (non-hydrogen) atoms. The first kappa shape index (κ1) is 17.1. The molecule has 0 radical (unpaired) electrons. The first-order valence-corrected chi connectivity index (χ1v) is 8.04. The third kappa shape index (κ3) is 5.47. The van der Waals surface area contributed by atoms with Crippen molar-refractivity contribution in [3.8, 4) is 5.75 Å². The maximum atomic E-state index is 10.8.